The first kappa shape index (κ1) is 15.6. The predicted molar refractivity (Wildman–Crippen MR) is 89.5 cm³/mol. The lowest BCUT2D eigenvalue weighted by Gasteiger charge is -2.04. The molecule has 0 aromatic heterocycles. The maximum atomic E-state index is 12.2. The summed E-state index contributed by atoms with van der Waals surface area (Å²) in [6, 6.07) is 10.9. The van der Waals surface area contributed by atoms with Gasteiger partial charge in [0.15, 0.2) is 5.78 Å². The lowest BCUT2D eigenvalue weighted by atomic mass is 10.0. The van der Waals surface area contributed by atoms with Crippen LogP contribution >= 0.6 is 23.2 Å². The fourth-order valence-electron chi connectivity index (χ4n) is 1.94. The fourth-order valence-corrected chi connectivity index (χ4v) is 2.47. The number of nitrogens with one attached hydrogen (secondary N) is 1. The highest BCUT2D eigenvalue weighted by atomic mass is 35.5. The third-order valence-electron chi connectivity index (χ3n) is 3.01. The number of aryl methyl sites for hydroxylation is 2. The molecule has 0 aliphatic rings. The molecule has 0 fully saturated rings. The van der Waals surface area contributed by atoms with Crippen molar-refractivity contribution in [2.45, 2.75) is 13.8 Å². The highest BCUT2D eigenvalue weighted by Crippen LogP contribution is 2.22. The van der Waals surface area contributed by atoms with Gasteiger partial charge in [0.2, 0.25) is 0 Å². The minimum Gasteiger partial charge on any atom is -0.361 e. The average molecular weight is 320 g/mol. The molecular formula is C17H15Cl2NO. The van der Waals surface area contributed by atoms with E-state index in [0.717, 1.165) is 16.8 Å². The topological polar surface area (TPSA) is 29.1 Å². The Morgan fingerprint density at radius 1 is 1.05 bits per heavy atom. The molecule has 2 aromatic carbocycles. The van der Waals surface area contributed by atoms with E-state index in [2.05, 4.69) is 5.32 Å². The molecule has 0 aliphatic carbocycles. The van der Waals surface area contributed by atoms with E-state index in [-0.39, 0.29) is 5.78 Å². The zero-order valence-electron chi connectivity index (χ0n) is 11.8. The quantitative estimate of drug-likeness (QED) is 0.602. The van der Waals surface area contributed by atoms with Crippen LogP contribution in [0.1, 0.15) is 21.5 Å². The molecule has 2 rings (SSSR count). The lowest BCUT2D eigenvalue weighted by molar-refractivity contribution is 0.104. The number of halogens is 2. The van der Waals surface area contributed by atoms with Crippen LogP contribution in [-0.4, -0.2) is 5.78 Å². The van der Waals surface area contributed by atoms with Crippen molar-refractivity contribution < 1.29 is 4.79 Å². The van der Waals surface area contributed by atoms with E-state index in [4.69, 9.17) is 23.2 Å². The second kappa shape index (κ2) is 6.79. The van der Waals surface area contributed by atoms with E-state index >= 15 is 0 Å². The molecule has 2 nitrogen and oxygen atoms in total. The minimum atomic E-state index is -0.0446. The summed E-state index contributed by atoms with van der Waals surface area (Å²) in [6.45, 7) is 3.89. The summed E-state index contributed by atoms with van der Waals surface area (Å²) in [5.74, 6) is -0.0446. The second-order valence-electron chi connectivity index (χ2n) is 4.82. The Kier molecular flexibility index (Phi) is 5.05. The van der Waals surface area contributed by atoms with Gasteiger partial charge in [-0.15, -0.1) is 0 Å². The summed E-state index contributed by atoms with van der Waals surface area (Å²) in [4.78, 5) is 12.2. The van der Waals surface area contributed by atoms with Crippen LogP contribution in [0.5, 0.6) is 0 Å². The molecular weight excluding hydrogens is 305 g/mol. The van der Waals surface area contributed by atoms with Crippen molar-refractivity contribution in [2.75, 3.05) is 5.32 Å². The van der Waals surface area contributed by atoms with Crippen LogP contribution < -0.4 is 5.32 Å². The Morgan fingerprint density at radius 3 is 2.38 bits per heavy atom. The number of rotatable bonds is 4. The molecule has 0 spiro atoms. The summed E-state index contributed by atoms with van der Waals surface area (Å²) < 4.78 is 0. The maximum Gasteiger partial charge on any atom is 0.187 e. The summed E-state index contributed by atoms with van der Waals surface area (Å²) in [5, 5.41) is 4.07. The number of carbonyl (C=O) groups excluding carboxylic acids is 1. The molecule has 0 amide bonds. The van der Waals surface area contributed by atoms with E-state index in [1.165, 1.54) is 6.08 Å². The number of ketones is 1. The van der Waals surface area contributed by atoms with Crippen LogP contribution in [0.25, 0.3) is 0 Å². The van der Waals surface area contributed by atoms with Crippen molar-refractivity contribution in [2.24, 2.45) is 0 Å². The monoisotopic (exact) mass is 319 g/mol. The third-order valence-corrected chi connectivity index (χ3v) is 3.44. The van der Waals surface area contributed by atoms with Crippen molar-refractivity contribution in [3.63, 3.8) is 0 Å². The van der Waals surface area contributed by atoms with Gasteiger partial charge in [0.05, 0.1) is 0 Å². The van der Waals surface area contributed by atoms with Gasteiger partial charge >= 0.3 is 0 Å². The maximum absolute atomic E-state index is 12.2. The van der Waals surface area contributed by atoms with Gasteiger partial charge in [0.1, 0.15) is 0 Å². The summed E-state index contributed by atoms with van der Waals surface area (Å²) in [6.07, 6.45) is 3.09. The van der Waals surface area contributed by atoms with Gasteiger partial charge in [-0.05, 0) is 43.7 Å². The number of hydrogen-bond donors (Lipinski definition) is 1. The van der Waals surface area contributed by atoms with E-state index in [0.29, 0.717) is 15.6 Å². The van der Waals surface area contributed by atoms with Crippen LogP contribution in [0, 0.1) is 13.8 Å². The van der Waals surface area contributed by atoms with Gasteiger partial charge in [-0.25, -0.2) is 0 Å². The van der Waals surface area contributed by atoms with Crippen molar-refractivity contribution in [1.82, 2.24) is 0 Å². The van der Waals surface area contributed by atoms with E-state index < -0.39 is 0 Å². The normalized spacial score (nSPS) is 10.9. The smallest absolute Gasteiger partial charge is 0.187 e. The van der Waals surface area contributed by atoms with Gasteiger partial charge in [0.25, 0.3) is 0 Å². The number of hydrogen-bond acceptors (Lipinski definition) is 2. The molecule has 1 N–H and O–H groups in total. The van der Waals surface area contributed by atoms with E-state index in [1.807, 2.05) is 32.0 Å². The van der Waals surface area contributed by atoms with Gasteiger partial charge in [-0.3, -0.25) is 4.79 Å². The molecule has 4 heteroatoms. The summed E-state index contributed by atoms with van der Waals surface area (Å²) >= 11 is 11.8. The molecule has 0 saturated carbocycles. The third kappa shape index (κ3) is 4.35. The first-order valence-corrected chi connectivity index (χ1v) is 7.22. The number of anilines is 1. The van der Waals surface area contributed by atoms with Crippen molar-refractivity contribution >= 4 is 34.7 Å². The summed E-state index contributed by atoms with van der Waals surface area (Å²) in [7, 11) is 0. The lowest BCUT2D eigenvalue weighted by Crippen LogP contribution is -1.99. The van der Waals surface area contributed by atoms with Crippen molar-refractivity contribution in [3.8, 4) is 0 Å². The van der Waals surface area contributed by atoms with Crippen LogP contribution in [0.2, 0.25) is 10.0 Å². The molecule has 0 bridgehead atoms. The Morgan fingerprint density at radius 2 is 1.71 bits per heavy atom. The Bertz CT molecular complexity index is 688. The fraction of sp³-hybridized carbons (Fsp3) is 0.118. The second-order valence-corrected chi connectivity index (χ2v) is 5.69. The molecule has 0 heterocycles. The number of carbonyl (C=O) groups is 1. The van der Waals surface area contributed by atoms with Gasteiger partial charge in [-0.1, -0.05) is 40.9 Å². The van der Waals surface area contributed by atoms with Crippen LogP contribution in [-0.2, 0) is 0 Å². The number of allylic oxidation sites excluding steroid dienone is 1. The largest absolute Gasteiger partial charge is 0.361 e. The summed E-state index contributed by atoms with van der Waals surface area (Å²) in [5.41, 5.74) is 3.46. The molecule has 0 radical (unpaired) electrons. The van der Waals surface area contributed by atoms with Crippen LogP contribution in [0.4, 0.5) is 5.69 Å². The van der Waals surface area contributed by atoms with Crippen LogP contribution in [0.3, 0.4) is 0 Å². The molecule has 0 atom stereocenters. The Hall–Kier alpha value is -1.77. The van der Waals surface area contributed by atoms with E-state index in [1.54, 1.807) is 24.4 Å². The van der Waals surface area contributed by atoms with Gasteiger partial charge in [-0.2, -0.15) is 0 Å². The SMILES string of the molecule is Cc1ccc(C)c(C(=O)/C=C/Nc2cc(Cl)cc(Cl)c2)c1. The van der Waals surface area contributed by atoms with Crippen molar-refractivity contribution in [1.29, 1.82) is 0 Å². The minimum absolute atomic E-state index is 0.0446. The van der Waals surface area contributed by atoms with Gasteiger partial charge < -0.3 is 5.32 Å². The zero-order chi connectivity index (χ0) is 15.4. The highest BCUT2D eigenvalue weighted by Gasteiger charge is 2.05. The standard InChI is InChI=1S/C17H15Cl2NO/c1-11-3-4-12(2)16(7-11)17(21)5-6-20-15-9-13(18)8-14(19)10-15/h3-10,20H,1-2H3/b6-5+. The van der Waals surface area contributed by atoms with Crippen LogP contribution in [0.15, 0.2) is 48.7 Å². The molecule has 2 aromatic rings. The number of benzene rings is 2. The zero-order valence-corrected chi connectivity index (χ0v) is 13.3. The molecule has 108 valence electrons. The molecule has 0 aliphatic heterocycles. The van der Waals surface area contributed by atoms with Gasteiger partial charge in [0, 0.05) is 33.6 Å². The Balaban J connectivity index is 2.10. The molecule has 0 saturated heterocycles. The predicted octanol–water partition coefficient (Wildman–Crippen LogP) is 5.42. The Labute approximate surface area is 134 Å². The first-order valence-electron chi connectivity index (χ1n) is 6.46. The molecule has 21 heavy (non-hydrogen) atoms. The van der Waals surface area contributed by atoms with Crippen molar-refractivity contribution in [3.05, 3.63) is 75.4 Å². The average Bonchev–Trinajstić information content (AvgIpc) is 2.40. The first-order chi connectivity index (χ1) is 9.95. The highest BCUT2D eigenvalue weighted by molar-refractivity contribution is 6.35. The molecule has 0 unspecified atom stereocenters. The van der Waals surface area contributed by atoms with E-state index in [9.17, 15) is 4.79 Å².